The number of pyridine rings is 1. The number of benzene rings is 2. The number of aryl methyl sites for hydroxylation is 1. The van der Waals surface area contributed by atoms with Crippen LogP contribution in [0.2, 0.25) is 0 Å². The van der Waals surface area contributed by atoms with Crippen molar-refractivity contribution < 1.29 is 9.53 Å². The number of imidazole rings is 1. The van der Waals surface area contributed by atoms with Gasteiger partial charge in [0.25, 0.3) is 0 Å². The van der Waals surface area contributed by atoms with Crippen LogP contribution in [-0.2, 0) is 16.1 Å². The molecule has 0 spiro atoms. The molecule has 5 nitrogen and oxygen atoms in total. The molecule has 4 aromatic rings. The van der Waals surface area contributed by atoms with Crippen molar-refractivity contribution in [3.05, 3.63) is 90.3 Å². The van der Waals surface area contributed by atoms with E-state index in [0.717, 1.165) is 33.7 Å². The number of anilines is 1. The number of hydrogen-bond acceptors (Lipinski definition) is 3. The SMILES string of the molecule is Cc1cccn2cc(-c3cccc(NC(=O)COCc4ccccc4)c3)nc12. The van der Waals surface area contributed by atoms with E-state index in [2.05, 4.69) is 5.32 Å². The van der Waals surface area contributed by atoms with E-state index in [0.29, 0.717) is 6.61 Å². The van der Waals surface area contributed by atoms with E-state index in [-0.39, 0.29) is 12.5 Å². The average molecular weight is 371 g/mol. The first-order valence-electron chi connectivity index (χ1n) is 9.15. The van der Waals surface area contributed by atoms with E-state index in [4.69, 9.17) is 9.72 Å². The van der Waals surface area contributed by atoms with Crippen LogP contribution in [0, 0.1) is 6.92 Å². The Labute approximate surface area is 163 Å². The van der Waals surface area contributed by atoms with Crippen LogP contribution in [0.15, 0.2) is 79.1 Å². The van der Waals surface area contributed by atoms with E-state index in [1.54, 1.807) is 0 Å². The lowest BCUT2D eigenvalue weighted by Crippen LogP contribution is -2.18. The van der Waals surface area contributed by atoms with Gasteiger partial charge in [-0.2, -0.15) is 0 Å². The summed E-state index contributed by atoms with van der Waals surface area (Å²) in [6.07, 6.45) is 3.97. The Morgan fingerprint density at radius 1 is 1.07 bits per heavy atom. The number of nitrogens with zero attached hydrogens (tertiary/aromatic N) is 2. The van der Waals surface area contributed by atoms with Gasteiger partial charge in [0, 0.05) is 23.6 Å². The maximum Gasteiger partial charge on any atom is 0.250 e. The molecule has 1 amide bonds. The van der Waals surface area contributed by atoms with Crippen molar-refractivity contribution in [1.82, 2.24) is 9.38 Å². The summed E-state index contributed by atoms with van der Waals surface area (Å²) in [4.78, 5) is 16.9. The molecule has 2 aromatic heterocycles. The second-order valence-electron chi connectivity index (χ2n) is 6.66. The number of carbonyl (C=O) groups is 1. The molecule has 0 aliphatic heterocycles. The molecular formula is C23H21N3O2. The molecule has 5 heteroatoms. The van der Waals surface area contributed by atoms with Crippen molar-refractivity contribution in [2.75, 3.05) is 11.9 Å². The van der Waals surface area contributed by atoms with E-state index < -0.39 is 0 Å². The molecule has 28 heavy (non-hydrogen) atoms. The number of ether oxygens (including phenoxy) is 1. The highest BCUT2D eigenvalue weighted by molar-refractivity contribution is 5.92. The topological polar surface area (TPSA) is 55.6 Å². The molecule has 1 N–H and O–H groups in total. The average Bonchev–Trinajstić information content (AvgIpc) is 3.15. The zero-order valence-corrected chi connectivity index (χ0v) is 15.6. The van der Waals surface area contributed by atoms with Crippen LogP contribution < -0.4 is 5.32 Å². The van der Waals surface area contributed by atoms with Gasteiger partial charge in [-0.05, 0) is 36.2 Å². The van der Waals surface area contributed by atoms with Crippen LogP contribution in [0.1, 0.15) is 11.1 Å². The zero-order valence-electron chi connectivity index (χ0n) is 15.6. The molecule has 0 aliphatic rings. The standard InChI is InChI=1S/C23H21N3O2/c1-17-7-6-12-26-14-21(25-23(17)26)19-10-5-11-20(13-19)24-22(27)16-28-15-18-8-3-2-4-9-18/h2-14H,15-16H2,1H3,(H,24,27). The largest absolute Gasteiger partial charge is 0.367 e. The second-order valence-corrected chi connectivity index (χ2v) is 6.66. The van der Waals surface area contributed by atoms with Gasteiger partial charge in [-0.3, -0.25) is 4.79 Å². The summed E-state index contributed by atoms with van der Waals surface area (Å²) in [7, 11) is 0. The lowest BCUT2D eigenvalue weighted by atomic mass is 10.1. The molecule has 0 radical (unpaired) electrons. The smallest absolute Gasteiger partial charge is 0.250 e. The summed E-state index contributed by atoms with van der Waals surface area (Å²) in [5.41, 5.74) is 5.63. The first-order valence-corrected chi connectivity index (χ1v) is 9.15. The number of nitrogens with one attached hydrogen (secondary N) is 1. The lowest BCUT2D eigenvalue weighted by molar-refractivity contribution is -0.121. The molecular weight excluding hydrogens is 350 g/mol. The Bertz CT molecular complexity index is 1100. The van der Waals surface area contributed by atoms with Gasteiger partial charge in [-0.25, -0.2) is 4.98 Å². The highest BCUT2D eigenvalue weighted by Crippen LogP contribution is 2.23. The first kappa shape index (κ1) is 17.9. The minimum absolute atomic E-state index is 0.00663. The second kappa shape index (κ2) is 8.06. The maximum absolute atomic E-state index is 12.2. The van der Waals surface area contributed by atoms with Crippen molar-refractivity contribution in [2.24, 2.45) is 0 Å². The maximum atomic E-state index is 12.2. The Hall–Kier alpha value is -3.44. The summed E-state index contributed by atoms with van der Waals surface area (Å²) < 4.78 is 7.50. The van der Waals surface area contributed by atoms with E-state index >= 15 is 0 Å². The Balaban J connectivity index is 1.41. The zero-order chi connectivity index (χ0) is 19.3. The number of hydrogen-bond donors (Lipinski definition) is 1. The minimum Gasteiger partial charge on any atom is -0.367 e. The highest BCUT2D eigenvalue weighted by Gasteiger charge is 2.08. The first-order chi connectivity index (χ1) is 13.7. The predicted octanol–water partition coefficient (Wildman–Crippen LogP) is 4.47. The van der Waals surface area contributed by atoms with Crippen molar-refractivity contribution in [1.29, 1.82) is 0 Å². The van der Waals surface area contributed by atoms with Crippen LogP contribution in [0.4, 0.5) is 5.69 Å². The van der Waals surface area contributed by atoms with E-state index in [1.807, 2.05) is 90.4 Å². The van der Waals surface area contributed by atoms with Gasteiger partial charge in [-0.15, -0.1) is 0 Å². The summed E-state index contributed by atoms with van der Waals surface area (Å²) >= 11 is 0. The third kappa shape index (κ3) is 4.10. The van der Waals surface area contributed by atoms with Crippen LogP contribution in [0.25, 0.3) is 16.9 Å². The molecule has 140 valence electrons. The van der Waals surface area contributed by atoms with Gasteiger partial charge in [0.1, 0.15) is 12.3 Å². The van der Waals surface area contributed by atoms with Crippen molar-refractivity contribution in [2.45, 2.75) is 13.5 Å². The number of carbonyl (C=O) groups excluding carboxylic acids is 1. The van der Waals surface area contributed by atoms with Crippen molar-refractivity contribution >= 4 is 17.2 Å². The van der Waals surface area contributed by atoms with Gasteiger partial charge in [0.05, 0.1) is 12.3 Å². The molecule has 0 saturated heterocycles. The molecule has 4 rings (SSSR count). The number of rotatable bonds is 6. The minimum atomic E-state index is -0.182. The Kier molecular flexibility index (Phi) is 5.17. The monoisotopic (exact) mass is 371 g/mol. The predicted molar refractivity (Wildman–Crippen MR) is 110 cm³/mol. The molecule has 0 atom stereocenters. The third-order valence-corrected chi connectivity index (χ3v) is 4.46. The fourth-order valence-electron chi connectivity index (χ4n) is 3.08. The molecule has 2 heterocycles. The molecule has 0 unspecified atom stereocenters. The molecule has 2 aromatic carbocycles. The molecule has 0 aliphatic carbocycles. The Morgan fingerprint density at radius 3 is 2.75 bits per heavy atom. The van der Waals surface area contributed by atoms with Gasteiger partial charge in [0.2, 0.25) is 5.91 Å². The van der Waals surface area contributed by atoms with Crippen LogP contribution in [-0.4, -0.2) is 21.9 Å². The van der Waals surface area contributed by atoms with Gasteiger partial charge in [0.15, 0.2) is 0 Å². The normalized spacial score (nSPS) is 10.9. The van der Waals surface area contributed by atoms with E-state index in [9.17, 15) is 4.79 Å². The van der Waals surface area contributed by atoms with Gasteiger partial charge < -0.3 is 14.5 Å². The van der Waals surface area contributed by atoms with Gasteiger partial charge in [-0.1, -0.05) is 48.5 Å². The lowest BCUT2D eigenvalue weighted by Gasteiger charge is -2.07. The van der Waals surface area contributed by atoms with E-state index in [1.165, 1.54) is 0 Å². The molecule has 0 fully saturated rings. The number of aromatic nitrogens is 2. The van der Waals surface area contributed by atoms with Crippen LogP contribution in [0.5, 0.6) is 0 Å². The Morgan fingerprint density at radius 2 is 1.93 bits per heavy atom. The summed E-state index contributed by atoms with van der Waals surface area (Å²) in [6, 6.07) is 21.5. The van der Waals surface area contributed by atoms with Crippen LogP contribution in [0.3, 0.4) is 0 Å². The van der Waals surface area contributed by atoms with Crippen LogP contribution >= 0.6 is 0 Å². The van der Waals surface area contributed by atoms with Crippen molar-refractivity contribution in [3.8, 4) is 11.3 Å². The quantitative estimate of drug-likeness (QED) is 0.544. The van der Waals surface area contributed by atoms with Gasteiger partial charge >= 0.3 is 0 Å². The highest BCUT2D eigenvalue weighted by atomic mass is 16.5. The fourth-order valence-corrected chi connectivity index (χ4v) is 3.08. The number of amides is 1. The molecule has 0 bridgehead atoms. The third-order valence-electron chi connectivity index (χ3n) is 4.46. The molecule has 0 saturated carbocycles. The summed E-state index contributed by atoms with van der Waals surface area (Å²) in [5.74, 6) is -0.182. The fraction of sp³-hybridized carbons (Fsp3) is 0.130. The van der Waals surface area contributed by atoms with Crippen molar-refractivity contribution in [3.63, 3.8) is 0 Å². The summed E-state index contributed by atoms with van der Waals surface area (Å²) in [5, 5.41) is 2.88. The number of fused-ring (bicyclic) bond motifs is 1. The summed E-state index contributed by atoms with van der Waals surface area (Å²) in [6.45, 7) is 2.46.